The zero-order valence-electron chi connectivity index (χ0n) is 16.2. The highest BCUT2D eigenvalue weighted by Gasteiger charge is 2.38. The van der Waals surface area contributed by atoms with Gasteiger partial charge in [0.1, 0.15) is 12.4 Å². The molecule has 8 heteroatoms. The van der Waals surface area contributed by atoms with E-state index >= 15 is 0 Å². The van der Waals surface area contributed by atoms with Crippen molar-refractivity contribution in [3.8, 4) is 0 Å². The van der Waals surface area contributed by atoms with E-state index in [0.717, 1.165) is 41.5 Å². The third-order valence-electron chi connectivity index (χ3n) is 5.25. The molecule has 3 amide bonds. The van der Waals surface area contributed by atoms with E-state index in [2.05, 4.69) is 4.98 Å². The van der Waals surface area contributed by atoms with Gasteiger partial charge >= 0.3 is 0 Å². The molecule has 2 aliphatic rings. The summed E-state index contributed by atoms with van der Waals surface area (Å²) >= 11 is 0.722. The fraction of sp³-hybridized carbons (Fsp3) is 0.273. The largest absolute Gasteiger partial charge is 0.334 e. The number of thioether (sulfide) groups is 1. The van der Waals surface area contributed by atoms with Gasteiger partial charge in [0.15, 0.2) is 0 Å². The maximum Gasteiger partial charge on any atom is 0.294 e. The van der Waals surface area contributed by atoms with Crippen LogP contribution in [-0.4, -0.2) is 44.9 Å². The first-order valence-electron chi connectivity index (χ1n) is 9.74. The Balaban J connectivity index is 1.50. The second kappa shape index (κ2) is 8.79. The topological polar surface area (TPSA) is 70.6 Å². The summed E-state index contributed by atoms with van der Waals surface area (Å²) in [6.45, 7) is 0.246. The number of carbonyl (C=O) groups excluding carboxylic acids is 3. The number of likely N-dealkylation sites (tertiary alicyclic amines) is 1. The lowest BCUT2D eigenvalue weighted by Gasteiger charge is -2.36. The second-order valence-electron chi connectivity index (χ2n) is 7.17. The van der Waals surface area contributed by atoms with Crippen molar-refractivity contribution in [1.82, 2.24) is 14.8 Å². The van der Waals surface area contributed by atoms with E-state index < -0.39 is 17.0 Å². The van der Waals surface area contributed by atoms with Crippen LogP contribution in [0, 0.1) is 5.82 Å². The van der Waals surface area contributed by atoms with Crippen LogP contribution in [0.1, 0.15) is 36.4 Å². The van der Waals surface area contributed by atoms with Crippen LogP contribution in [0.2, 0.25) is 0 Å². The van der Waals surface area contributed by atoms with E-state index in [1.165, 1.54) is 18.2 Å². The molecule has 1 aromatic heterocycles. The van der Waals surface area contributed by atoms with Crippen LogP contribution in [0.25, 0.3) is 6.08 Å². The number of carbonyl (C=O) groups is 3. The number of pyridine rings is 1. The molecule has 3 heterocycles. The Bertz CT molecular complexity index is 1010. The van der Waals surface area contributed by atoms with Crippen molar-refractivity contribution in [2.45, 2.75) is 25.3 Å². The summed E-state index contributed by atoms with van der Waals surface area (Å²) in [4.78, 5) is 45.0. The highest BCUT2D eigenvalue weighted by Crippen LogP contribution is 2.34. The summed E-state index contributed by atoms with van der Waals surface area (Å²) in [5.74, 6) is -1.33. The van der Waals surface area contributed by atoms with Gasteiger partial charge in [-0.05, 0) is 54.8 Å². The predicted molar refractivity (Wildman–Crippen MR) is 112 cm³/mol. The van der Waals surface area contributed by atoms with Gasteiger partial charge in [0.2, 0.25) is 5.91 Å². The third-order valence-corrected chi connectivity index (χ3v) is 6.16. The molecule has 1 aromatic carbocycles. The molecule has 0 unspecified atom stereocenters. The van der Waals surface area contributed by atoms with Gasteiger partial charge in [-0.1, -0.05) is 24.3 Å². The fourth-order valence-corrected chi connectivity index (χ4v) is 4.57. The Morgan fingerprint density at radius 1 is 1.20 bits per heavy atom. The van der Waals surface area contributed by atoms with Crippen molar-refractivity contribution in [3.63, 3.8) is 0 Å². The maximum absolute atomic E-state index is 13.9. The molecular formula is C22H20FN3O3S. The minimum atomic E-state index is -0.573. The molecule has 1 atom stereocenters. The Labute approximate surface area is 177 Å². The van der Waals surface area contributed by atoms with Crippen LogP contribution in [0.3, 0.4) is 0 Å². The molecule has 0 spiro atoms. The van der Waals surface area contributed by atoms with Crippen LogP contribution in [0.15, 0.2) is 53.7 Å². The zero-order chi connectivity index (χ0) is 21.1. The van der Waals surface area contributed by atoms with Gasteiger partial charge in [-0.15, -0.1) is 0 Å². The molecule has 0 bridgehead atoms. The number of nitrogens with zero attached hydrogens (tertiary/aromatic N) is 3. The SMILES string of the molecule is O=C1S/C(=C\c2ccccc2F)C(=O)N1CC(=O)N1CCCC[C@H]1c1cccnc1. The van der Waals surface area contributed by atoms with Crippen molar-refractivity contribution in [3.05, 3.63) is 70.6 Å². The quantitative estimate of drug-likeness (QED) is 0.693. The molecule has 2 aromatic rings. The average Bonchev–Trinajstić information content (AvgIpc) is 3.03. The normalized spacial score (nSPS) is 20.8. The molecule has 4 rings (SSSR count). The number of piperidine rings is 1. The predicted octanol–water partition coefficient (Wildman–Crippen LogP) is 4.01. The monoisotopic (exact) mass is 425 g/mol. The summed E-state index contributed by atoms with van der Waals surface area (Å²) in [7, 11) is 0. The van der Waals surface area contributed by atoms with Gasteiger partial charge in [-0.2, -0.15) is 0 Å². The molecule has 0 aliphatic carbocycles. The number of hydrogen-bond donors (Lipinski definition) is 0. The maximum atomic E-state index is 13.9. The number of amides is 3. The molecule has 30 heavy (non-hydrogen) atoms. The average molecular weight is 425 g/mol. The molecule has 154 valence electrons. The summed E-state index contributed by atoms with van der Waals surface area (Å²) in [5, 5.41) is -0.522. The van der Waals surface area contributed by atoms with Crippen molar-refractivity contribution < 1.29 is 18.8 Å². The Hall–Kier alpha value is -3.00. The molecule has 2 saturated heterocycles. The van der Waals surface area contributed by atoms with Crippen molar-refractivity contribution in [2.75, 3.05) is 13.1 Å². The van der Waals surface area contributed by atoms with Crippen molar-refractivity contribution in [1.29, 1.82) is 0 Å². The van der Waals surface area contributed by atoms with E-state index in [1.54, 1.807) is 29.4 Å². The van der Waals surface area contributed by atoms with E-state index in [0.29, 0.717) is 6.54 Å². The summed E-state index contributed by atoms with van der Waals surface area (Å²) < 4.78 is 13.9. The lowest BCUT2D eigenvalue weighted by atomic mass is 9.96. The first kappa shape index (κ1) is 20.3. The van der Waals surface area contributed by atoms with Gasteiger partial charge < -0.3 is 4.90 Å². The first-order chi connectivity index (χ1) is 14.5. The Morgan fingerprint density at radius 2 is 2.03 bits per heavy atom. The number of imide groups is 1. The first-order valence-corrected chi connectivity index (χ1v) is 10.6. The molecule has 6 nitrogen and oxygen atoms in total. The van der Waals surface area contributed by atoms with Crippen molar-refractivity contribution >= 4 is 34.9 Å². The number of benzene rings is 1. The minimum absolute atomic E-state index is 0.111. The van der Waals surface area contributed by atoms with Crippen LogP contribution in [0.5, 0.6) is 0 Å². The Kier molecular flexibility index (Phi) is 5.94. The van der Waals surface area contributed by atoms with E-state index in [9.17, 15) is 18.8 Å². The molecular weight excluding hydrogens is 405 g/mol. The summed E-state index contributed by atoms with van der Waals surface area (Å²) in [5.41, 5.74) is 1.17. The molecule has 2 aliphatic heterocycles. The summed E-state index contributed by atoms with van der Waals surface area (Å²) in [6.07, 6.45) is 7.46. The highest BCUT2D eigenvalue weighted by atomic mass is 32.2. The van der Waals surface area contributed by atoms with Gasteiger partial charge in [-0.25, -0.2) is 4.39 Å². The minimum Gasteiger partial charge on any atom is -0.334 e. The second-order valence-corrected chi connectivity index (χ2v) is 8.17. The number of halogens is 1. The smallest absolute Gasteiger partial charge is 0.294 e. The third kappa shape index (κ3) is 4.14. The summed E-state index contributed by atoms with van der Waals surface area (Å²) in [6, 6.07) is 9.66. The highest BCUT2D eigenvalue weighted by molar-refractivity contribution is 8.18. The number of aromatic nitrogens is 1. The van der Waals surface area contributed by atoms with Gasteiger partial charge in [0.05, 0.1) is 10.9 Å². The number of rotatable bonds is 4. The van der Waals surface area contributed by atoms with Crippen LogP contribution in [0.4, 0.5) is 9.18 Å². The molecule has 2 fully saturated rings. The van der Waals surface area contributed by atoms with Gasteiger partial charge in [0.25, 0.3) is 11.1 Å². The molecule has 0 saturated carbocycles. The Morgan fingerprint density at radius 3 is 2.80 bits per heavy atom. The van der Waals surface area contributed by atoms with Crippen molar-refractivity contribution in [2.24, 2.45) is 0 Å². The van der Waals surface area contributed by atoms with E-state index in [1.807, 2.05) is 12.1 Å². The fourth-order valence-electron chi connectivity index (χ4n) is 3.75. The standard InChI is InChI=1S/C22H20FN3O3S/c23-17-8-2-1-6-15(17)12-19-21(28)26(22(29)30-19)14-20(27)25-11-4-3-9-18(25)16-7-5-10-24-13-16/h1-2,5-8,10,12-13,18H,3-4,9,11,14H2/b19-12-/t18-/m0/s1. The lowest BCUT2D eigenvalue weighted by Crippen LogP contribution is -2.45. The van der Waals surface area contributed by atoms with E-state index in [-0.39, 0.29) is 29.0 Å². The van der Waals surface area contributed by atoms with Gasteiger partial charge in [-0.3, -0.25) is 24.3 Å². The van der Waals surface area contributed by atoms with Crippen LogP contribution < -0.4 is 0 Å². The zero-order valence-corrected chi connectivity index (χ0v) is 17.0. The van der Waals surface area contributed by atoms with E-state index in [4.69, 9.17) is 0 Å². The molecule has 0 N–H and O–H groups in total. The van der Waals surface area contributed by atoms with Gasteiger partial charge in [0, 0.05) is 24.5 Å². The number of hydrogen-bond acceptors (Lipinski definition) is 5. The molecule has 0 radical (unpaired) electrons. The van der Waals surface area contributed by atoms with Crippen LogP contribution in [-0.2, 0) is 9.59 Å². The lowest BCUT2D eigenvalue weighted by molar-refractivity contribution is -0.138. The van der Waals surface area contributed by atoms with Crippen LogP contribution >= 0.6 is 11.8 Å².